The van der Waals surface area contributed by atoms with E-state index in [2.05, 4.69) is 4.72 Å². The lowest BCUT2D eigenvalue weighted by atomic mass is 10.1. The van der Waals surface area contributed by atoms with Crippen LogP contribution in [0, 0.1) is 5.92 Å². The van der Waals surface area contributed by atoms with Gasteiger partial charge in [0.2, 0.25) is 10.0 Å². The molecule has 0 heterocycles. The average molecular weight is 279 g/mol. The average Bonchev–Trinajstić information content (AvgIpc) is 2.77. The first-order valence-electron chi connectivity index (χ1n) is 6.16. The Morgan fingerprint density at radius 2 is 1.94 bits per heavy atom. The zero-order valence-corrected chi connectivity index (χ0v) is 11.4. The molecule has 0 saturated heterocycles. The van der Waals surface area contributed by atoms with Crippen LogP contribution in [0.1, 0.15) is 39.0 Å². The minimum Gasteiger partial charge on any atom is -0.479 e. The van der Waals surface area contributed by atoms with Gasteiger partial charge >= 0.3 is 5.97 Å². The van der Waals surface area contributed by atoms with Crippen LogP contribution in [0.15, 0.2) is 0 Å². The van der Waals surface area contributed by atoms with Crippen LogP contribution >= 0.6 is 0 Å². The Labute approximate surface area is 107 Å². The lowest BCUT2D eigenvalue weighted by molar-refractivity contribution is -0.155. The summed E-state index contributed by atoms with van der Waals surface area (Å²) in [7, 11) is -3.51. The normalized spacial score (nSPS) is 20.8. The Hall–Kier alpha value is -0.660. The third-order valence-corrected chi connectivity index (χ3v) is 4.72. The second kappa shape index (κ2) is 5.99. The van der Waals surface area contributed by atoms with E-state index in [1.807, 2.05) is 0 Å². The van der Waals surface area contributed by atoms with Gasteiger partial charge in [-0.2, -0.15) is 0 Å². The molecule has 1 atom stereocenters. The summed E-state index contributed by atoms with van der Waals surface area (Å²) in [5.41, 5.74) is -2.07. The first-order valence-corrected chi connectivity index (χ1v) is 7.81. The van der Waals surface area contributed by atoms with Gasteiger partial charge in [0.05, 0.1) is 5.75 Å². The maximum absolute atomic E-state index is 11.6. The monoisotopic (exact) mass is 279 g/mol. The van der Waals surface area contributed by atoms with Crippen molar-refractivity contribution in [2.24, 2.45) is 5.92 Å². The van der Waals surface area contributed by atoms with Gasteiger partial charge in [-0.1, -0.05) is 25.7 Å². The second-order valence-corrected chi connectivity index (χ2v) is 7.08. The molecular weight excluding hydrogens is 258 g/mol. The molecule has 0 aromatic carbocycles. The minimum absolute atomic E-state index is 0.00658. The number of sulfonamides is 1. The molecule has 0 spiro atoms. The summed E-state index contributed by atoms with van der Waals surface area (Å²) < 4.78 is 25.4. The number of rotatable bonds is 7. The van der Waals surface area contributed by atoms with E-state index in [9.17, 15) is 18.3 Å². The van der Waals surface area contributed by atoms with Gasteiger partial charge in [-0.05, 0) is 19.3 Å². The molecule has 0 bridgehead atoms. The Balaban J connectivity index is 2.37. The lowest BCUT2D eigenvalue weighted by Gasteiger charge is -2.18. The zero-order chi connectivity index (χ0) is 13.8. The van der Waals surface area contributed by atoms with Crippen LogP contribution in [-0.4, -0.2) is 42.5 Å². The molecule has 0 aromatic heterocycles. The summed E-state index contributed by atoms with van der Waals surface area (Å²) in [6.07, 6.45) is 5.06. The van der Waals surface area contributed by atoms with Gasteiger partial charge in [-0.25, -0.2) is 17.9 Å². The fourth-order valence-corrected chi connectivity index (χ4v) is 3.31. The van der Waals surface area contributed by atoms with Crippen molar-refractivity contribution in [1.29, 1.82) is 0 Å². The van der Waals surface area contributed by atoms with Gasteiger partial charge in [0.15, 0.2) is 5.60 Å². The number of aliphatic hydroxyl groups is 1. The van der Waals surface area contributed by atoms with Crippen molar-refractivity contribution in [3.63, 3.8) is 0 Å². The van der Waals surface area contributed by atoms with Crippen molar-refractivity contribution in [2.75, 3.05) is 12.3 Å². The number of carboxylic acid groups (broad SMARTS) is 1. The third-order valence-electron chi connectivity index (χ3n) is 3.37. The van der Waals surface area contributed by atoms with E-state index in [1.54, 1.807) is 0 Å². The maximum atomic E-state index is 11.6. The predicted molar refractivity (Wildman–Crippen MR) is 66.6 cm³/mol. The molecular formula is C11H21NO5S. The highest BCUT2D eigenvalue weighted by molar-refractivity contribution is 7.89. The molecule has 106 valence electrons. The quantitative estimate of drug-likeness (QED) is 0.622. The van der Waals surface area contributed by atoms with Gasteiger partial charge in [-0.3, -0.25) is 0 Å². The number of carbonyl (C=O) groups is 1. The van der Waals surface area contributed by atoms with Gasteiger partial charge in [0.1, 0.15) is 0 Å². The smallest absolute Gasteiger partial charge is 0.336 e. The molecule has 18 heavy (non-hydrogen) atoms. The van der Waals surface area contributed by atoms with Gasteiger partial charge < -0.3 is 10.2 Å². The minimum atomic E-state index is -3.51. The molecule has 0 aromatic rings. The van der Waals surface area contributed by atoms with Crippen LogP contribution in [0.2, 0.25) is 0 Å². The van der Waals surface area contributed by atoms with Crippen LogP contribution in [-0.2, 0) is 14.8 Å². The van der Waals surface area contributed by atoms with Crippen LogP contribution in [0.5, 0.6) is 0 Å². The van der Waals surface area contributed by atoms with E-state index in [-0.39, 0.29) is 5.75 Å². The summed E-state index contributed by atoms with van der Waals surface area (Å²) in [5.74, 6) is -0.990. The van der Waals surface area contributed by atoms with Gasteiger partial charge in [0, 0.05) is 6.54 Å². The van der Waals surface area contributed by atoms with Crippen LogP contribution < -0.4 is 4.72 Å². The molecule has 0 amide bonds. The number of hydrogen-bond donors (Lipinski definition) is 3. The first kappa shape index (κ1) is 15.4. The number of aliphatic carboxylic acids is 1. The van der Waals surface area contributed by atoms with Crippen molar-refractivity contribution in [3.8, 4) is 0 Å². The standard InChI is InChI=1S/C11H21NO5S/c1-11(15,10(13)14)8-12-18(16,17)7-6-9-4-2-3-5-9/h9,12,15H,2-8H2,1H3,(H,13,14). The largest absolute Gasteiger partial charge is 0.479 e. The Kier molecular flexibility index (Phi) is 5.12. The fourth-order valence-electron chi connectivity index (χ4n) is 2.02. The number of nitrogens with one attached hydrogen (secondary N) is 1. The van der Waals surface area contributed by atoms with E-state index in [1.165, 1.54) is 0 Å². The summed E-state index contributed by atoms with van der Waals surface area (Å²) in [6, 6.07) is 0. The summed E-state index contributed by atoms with van der Waals surface area (Å²) in [6.45, 7) is 0.560. The maximum Gasteiger partial charge on any atom is 0.336 e. The van der Waals surface area contributed by atoms with Crippen molar-refractivity contribution < 1.29 is 23.4 Å². The number of hydrogen-bond acceptors (Lipinski definition) is 4. The van der Waals surface area contributed by atoms with Crippen molar-refractivity contribution in [3.05, 3.63) is 0 Å². The second-order valence-electron chi connectivity index (χ2n) is 5.16. The molecule has 1 rings (SSSR count). The summed E-state index contributed by atoms with van der Waals surface area (Å²) in [4.78, 5) is 10.6. The molecule has 1 saturated carbocycles. The summed E-state index contributed by atoms with van der Waals surface area (Å²) in [5, 5.41) is 18.1. The van der Waals surface area contributed by atoms with Gasteiger partial charge in [0.25, 0.3) is 0 Å². The van der Waals surface area contributed by atoms with E-state index in [0.717, 1.165) is 32.6 Å². The molecule has 1 aliphatic carbocycles. The molecule has 1 aliphatic rings. The Morgan fingerprint density at radius 1 is 1.39 bits per heavy atom. The topological polar surface area (TPSA) is 104 Å². The third kappa shape index (κ3) is 4.91. The van der Waals surface area contributed by atoms with E-state index < -0.39 is 28.1 Å². The molecule has 1 fully saturated rings. The van der Waals surface area contributed by atoms with Gasteiger partial charge in [-0.15, -0.1) is 0 Å². The fraction of sp³-hybridized carbons (Fsp3) is 0.909. The highest BCUT2D eigenvalue weighted by Gasteiger charge is 2.31. The van der Waals surface area contributed by atoms with Crippen LogP contribution in [0.25, 0.3) is 0 Å². The Bertz CT molecular complexity index is 384. The van der Waals surface area contributed by atoms with Crippen LogP contribution in [0.3, 0.4) is 0 Å². The molecule has 7 heteroatoms. The van der Waals surface area contributed by atoms with Crippen molar-refractivity contribution >= 4 is 16.0 Å². The molecule has 0 aliphatic heterocycles. The van der Waals surface area contributed by atoms with E-state index >= 15 is 0 Å². The molecule has 6 nitrogen and oxygen atoms in total. The highest BCUT2D eigenvalue weighted by atomic mass is 32.2. The molecule has 3 N–H and O–H groups in total. The predicted octanol–water partition coefficient (Wildman–Crippen LogP) is 0.322. The Morgan fingerprint density at radius 3 is 2.44 bits per heavy atom. The molecule has 1 unspecified atom stereocenters. The van der Waals surface area contributed by atoms with E-state index in [0.29, 0.717) is 12.3 Å². The van der Waals surface area contributed by atoms with Crippen molar-refractivity contribution in [1.82, 2.24) is 4.72 Å². The van der Waals surface area contributed by atoms with Crippen LogP contribution in [0.4, 0.5) is 0 Å². The van der Waals surface area contributed by atoms with Crippen molar-refractivity contribution in [2.45, 2.75) is 44.6 Å². The summed E-state index contributed by atoms with van der Waals surface area (Å²) >= 11 is 0. The zero-order valence-electron chi connectivity index (χ0n) is 10.6. The highest BCUT2D eigenvalue weighted by Crippen LogP contribution is 2.27. The molecule has 0 radical (unpaired) electrons. The lowest BCUT2D eigenvalue weighted by Crippen LogP contribution is -2.47. The SMILES string of the molecule is CC(O)(CNS(=O)(=O)CCC1CCCC1)C(=O)O. The number of carboxylic acids is 1. The van der Waals surface area contributed by atoms with E-state index in [4.69, 9.17) is 5.11 Å². The first-order chi connectivity index (χ1) is 8.23.